The van der Waals surface area contributed by atoms with Gasteiger partial charge in [-0.25, -0.2) is 16.5 Å². The number of hydrogen-bond donors (Lipinski definition) is 11. The van der Waals surface area contributed by atoms with Gasteiger partial charge in [0.1, 0.15) is 0 Å². The maximum Gasteiger partial charge on any atom is 0.343 e. The van der Waals surface area contributed by atoms with E-state index in [0.717, 1.165) is 25.9 Å². The predicted molar refractivity (Wildman–Crippen MR) is 115 cm³/mol. The fourth-order valence-electron chi connectivity index (χ4n) is 1.39. The topological polar surface area (TPSA) is 304 Å². The van der Waals surface area contributed by atoms with Crippen LogP contribution in [0.25, 0.3) is 0 Å². The van der Waals surface area contributed by atoms with E-state index in [1.165, 1.54) is 6.92 Å². The van der Waals surface area contributed by atoms with Crippen LogP contribution in [0.2, 0.25) is 0 Å². The van der Waals surface area contributed by atoms with Gasteiger partial charge in [0.25, 0.3) is 0 Å². The molecule has 1 saturated heterocycles. The van der Waals surface area contributed by atoms with E-state index in [4.69, 9.17) is 27.4 Å². The van der Waals surface area contributed by atoms with Gasteiger partial charge in [0.15, 0.2) is 0 Å². The number of aliphatic carboxylic acids is 1. The van der Waals surface area contributed by atoms with Crippen LogP contribution in [-0.4, -0.2) is 91.3 Å². The van der Waals surface area contributed by atoms with Crippen LogP contribution >= 0.6 is 0 Å². The Labute approximate surface area is 181 Å². The number of amides is 4. The van der Waals surface area contributed by atoms with Crippen molar-refractivity contribution in [2.45, 2.75) is 19.8 Å². The first-order valence-corrected chi connectivity index (χ1v) is 9.23. The highest BCUT2D eigenvalue weighted by Gasteiger charge is 2.18. The largest absolute Gasteiger partial charge is 0.480 e. The first-order chi connectivity index (χ1) is 14.6. The van der Waals surface area contributed by atoms with Gasteiger partial charge >= 0.3 is 12.0 Å². The van der Waals surface area contributed by atoms with E-state index in [9.17, 15) is 19.2 Å². The van der Waals surface area contributed by atoms with Gasteiger partial charge in [-0.2, -0.15) is 0 Å². The van der Waals surface area contributed by atoms with Gasteiger partial charge in [0.2, 0.25) is 11.8 Å². The van der Waals surface area contributed by atoms with Crippen LogP contribution in [0.15, 0.2) is 0 Å². The van der Waals surface area contributed by atoms with Crippen LogP contribution in [0.3, 0.4) is 0 Å². The molecule has 0 aromatic heterocycles. The Morgan fingerprint density at radius 1 is 1.03 bits per heavy atom. The highest BCUT2D eigenvalue weighted by molar-refractivity contribution is 5.78. The summed E-state index contributed by atoms with van der Waals surface area (Å²) in [6.07, 6.45) is 1.73. The number of nitrogens with two attached hydrogens (primary N) is 6. The van der Waals surface area contributed by atoms with E-state index < -0.39 is 12.0 Å². The zero-order valence-corrected chi connectivity index (χ0v) is 18.0. The fraction of sp³-hybridized carbons (Fsp3) is 0.733. The van der Waals surface area contributed by atoms with Crippen molar-refractivity contribution in [1.82, 2.24) is 21.1 Å². The first-order valence-electron chi connectivity index (χ1n) is 9.23. The first kappa shape index (κ1) is 35.8. The quantitative estimate of drug-likeness (QED) is 0.101. The summed E-state index contributed by atoms with van der Waals surface area (Å²) in [6.45, 7) is 4.99. The maximum absolute atomic E-state index is 10.8. The molecule has 1 rings (SSSR count). The van der Waals surface area contributed by atoms with Crippen LogP contribution in [-0.2, 0) is 14.4 Å². The van der Waals surface area contributed by atoms with Crippen LogP contribution in [0.1, 0.15) is 19.8 Å². The molecule has 0 aromatic carbocycles. The van der Waals surface area contributed by atoms with Crippen molar-refractivity contribution in [3.05, 3.63) is 0 Å². The molecule has 1 heterocycles. The van der Waals surface area contributed by atoms with Crippen molar-refractivity contribution in [3.8, 4) is 0 Å². The lowest BCUT2D eigenvalue weighted by molar-refractivity contribution is -0.135. The Morgan fingerprint density at radius 3 is 1.68 bits per heavy atom. The van der Waals surface area contributed by atoms with Crippen molar-refractivity contribution in [3.63, 3.8) is 0 Å². The van der Waals surface area contributed by atoms with Gasteiger partial charge in [-0.3, -0.25) is 25.2 Å². The van der Waals surface area contributed by atoms with Gasteiger partial charge < -0.3 is 43.4 Å². The molecule has 17 N–H and O–H groups in total. The van der Waals surface area contributed by atoms with E-state index in [1.807, 2.05) is 4.90 Å². The van der Waals surface area contributed by atoms with Crippen molar-refractivity contribution >= 4 is 23.8 Å². The number of carbonyl (C=O) groups is 4. The number of likely N-dealkylation sites (tertiary alicyclic amines) is 1. The number of nitrogens with zero attached hydrogens (tertiary/aromatic N) is 1. The number of carboxylic acid groups (broad SMARTS) is 1. The minimum absolute atomic E-state index is 0.0227. The lowest BCUT2D eigenvalue weighted by Crippen LogP contribution is -2.43. The Kier molecular flexibility index (Phi) is 34.2. The third-order valence-corrected chi connectivity index (χ3v) is 2.65. The summed E-state index contributed by atoms with van der Waals surface area (Å²) in [7, 11) is 0. The average Bonchev–Trinajstić information content (AvgIpc) is 3.17. The molecule has 0 atom stereocenters. The minimum atomic E-state index is -0.968. The van der Waals surface area contributed by atoms with Crippen molar-refractivity contribution in [2.24, 2.45) is 34.6 Å². The van der Waals surface area contributed by atoms with Gasteiger partial charge in [0, 0.05) is 52.6 Å². The summed E-state index contributed by atoms with van der Waals surface area (Å²) in [6, 6.07) is -0.602. The summed E-state index contributed by atoms with van der Waals surface area (Å²) >= 11 is 0. The smallest absolute Gasteiger partial charge is 0.343 e. The van der Waals surface area contributed by atoms with Crippen molar-refractivity contribution < 1.29 is 29.4 Å². The van der Waals surface area contributed by atoms with Gasteiger partial charge in [0.05, 0.1) is 13.2 Å². The van der Waals surface area contributed by atoms with E-state index in [-0.39, 0.29) is 25.0 Å². The molecular weight excluding hydrogens is 416 g/mol. The molecule has 4 amide bonds. The number of carboxylic acids is 1. The summed E-state index contributed by atoms with van der Waals surface area (Å²) in [5, 5.41) is 17.9. The molecule has 16 nitrogen and oxygen atoms in total. The number of urea groups is 1. The van der Waals surface area contributed by atoms with Crippen molar-refractivity contribution in [1.29, 1.82) is 0 Å². The molecule has 0 bridgehead atoms. The zero-order chi connectivity index (χ0) is 25.1. The number of aliphatic hydroxyl groups is 1. The molecule has 31 heavy (non-hydrogen) atoms. The lowest BCUT2D eigenvalue weighted by atomic mass is 10.4. The number of hydrazine groups is 2. The second-order valence-corrected chi connectivity index (χ2v) is 5.27. The molecule has 1 aliphatic rings. The zero-order valence-electron chi connectivity index (χ0n) is 18.0. The number of hydrogen-bond acceptors (Lipinski definition) is 11. The number of rotatable bonds is 6. The van der Waals surface area contributed by atoms with E-state index in [1.54, 1.807) is 10.9 Å². The molecule has 16 heteroatoms. The van der Waals surface area contributed by atoms with E-state index in [0.29, 0.717) is 26.2 Å². The predicted octanol–water partition coefficient (Wildman–Crippen LogP) is -5.35. The minimum Gasteiger partial charge on any atom is -0.480 e. The number of nitrogens with one attached hydrogen (secondary N) is 3. The van der Waals surface area contributed by atoms with Gasteiger partial charge in [-0.15, -0.1) is 0 Å². The lowest BCUT2D eigenvalue weighted by Gasteiger charge is -2.12. The molecule has 1 fully saturated rings. The van der Waals surface area contributed by atoms with Gasteiger partial charge in [-0.1, -0.05) is 0 Å². The fourth-order valence-corrected chi connectivity index (χ4v) is 1.39. The maximum atomic E-state index is 10.8. The third-order valence-electron chi connectivity index (χ3n) is 2.65. The Hall–Kier alpha value is -2.60. The molecular formula is C15H40N10O6. The second kappa shape index (κ2) is 29.6. The number of aliphatic hydroxyl groups excluding tert-OH is 1. The second-order valence-electron chi connectivity index (χ2n) is 5.27. The summed E-state index contributed by atoms with van der Waals surface area (Å²) < 4.78 is 0. The van der Waals surface area contributed by atoms with E-state index >= 15 is 0 Å². The number of carbonyl (C=O) groups excluding carboxylic acids is 3. The van der Waals surface area contributed by atoms with Crippen molar-refractivity contribution in [2.75, 3.05) is 52.4 Å². The van der Waals surface area contributed by atoms with Crippen LogP contribution in [0.4, 0.5) is 4.79 Å². The standard InChI is InChI=1S/C6H12N2O.C4H10N2O.C2H5NO2.C2H7NO.CH6N4O/c7-3-5-8-4-1-2-6(8)9;1-4(7)6-3-2-5;3-1-2(4)5;3-1-2-4;2-4-1(6)5-3/h1-5,7H2;2-3,5H2,1H3,(H,6,7);1,3H2,(H,4,5);4H,1-3H2;2-3H2,(H2,4,5,6). The normalized spacial score (nSPS) is 11.0. The molecule has 0 radical (unpaired) electrons. The monoisotopic (exact) mass is 456 g/mol. The highest BCUT2D eigenvalue weighted by Crippen LogP contribution is 2.07. The van der Waals surface area contributed by atoms with Gasteiger partial charge in [-0.05, 0) is 6.42 Å². The van der Waals surface area contributed by atoms with E-state index in [2.05, 4.69) is 22.7 Å². The SMILES string of the molecule is CC(=O)NCCN.NCC(=O)O.NCCN1CCCC1=O.NCCO.NNC(=O)NN. The molecule has 0 spiro atoms. The summed E-state index contributed by atoms with van der Waals surface area (Å²) in [5.41, 5.74) is 23.2. The van der Waals surface area contributed by atoms with Crippen LogP contribution in [0.5, 0.6) is 0 Å². The van der Waals surface area contributed by atoms with Crippen LogP contribution in [0, 0.1) is 0 Å². The Morgan fingerprint density at radius 2 is 1.52 bits per heavy atom. The molecule has 0 aromatic rings. The summed E-state index contributed by atoms with van der Waals surface area (Å²) in [5.74, 6) is 8.36. The molecule has 0 aliphatic carbocycles. The summed E-state index contributed by atoms with van der Waals surface area (Å²) in [4.78, 5) is 41.6. The molecule has 0 saturated carbocycles. The van der Waals surface area contributed by atoms with Crippen LogP contribution < -0.4 is 50.8 Å². The molecule has 1 aliphatic heterocycles. The molecule has 186 valence electrons. The highest BCUT2D eigenvalue weighted by atomic mass is 16.4. The average molecular weight is 457 g/mol. The Balaban J connectivity index is -0.000000152. The third kappa shape index (κ3) is 38.6. The Bertz CT molecular complexity index is 448. The molecule has 0 unspecified atom stereocenters.